The van der Waals surface area contributed by atoms with E-state index in [2.05, 4.69) is 6.58 Å². The lowest BCUT2D eigenvalue weighted by Gasteiger charge is -2.37. The average Bonchev–Trinajstić information content (AvgIpc) is 2.40. The van der Waals surface area contributed by atoms with Crippen LogP contribution in [-0.4, -0.2) is 23.3 Å². The number of carbonyl (C=O) groups excluding carboxylic acids is 1. The third-order valence-electron chi connectivity index (χ3n) is 3.80. The van der Waals surface area contributed by atoms with Crippen molar-refractivity contribution in [3.05, 3.63) is 12.7 Å². The van der Waals surface area contributed by atoms with Crippen LogP contribution in [0.3, 0.4) is 0 Å². The van der Waals surface area contributed by atoms with Gasteiger partial charge in [-0.3, -0.25) is 4.79 Å². The maximum absolute atomic E-state index is 11.8. The van der Waals surface area contributed by atoms with Crippen molar-refractivity contribution < 1.29 is 14.6 Å². The topological polar surface area (TPSA) is 46.5 Å². The summed E-state index contributed by atoms with van der Waals surface area (Å²) in [4.78, 5) is 11.8. The summed E-state index contributed by atoms with van der Waals surface area (Å²) in [6, 6.07) is 0. The van der Waals surface area contributed by atoms with Crippen molar-refractivity contribution in [1.82, 2.24) is 0 Å². The van der Waals surface area contributed by atoms with Gasteiger partial charge in [-0.15, -0.1) is 6.58 Å². The number of rotatable bonds is 3. The van der Waals surface area contributed by atoms with Gasteiger partial charge in [0.2, 0.25) is 0 Å². The molecule has 1 rings (SSSR count). The van der Waals surface area contributed by atoms with Gasteiger partial charge < -0.3 is 9.84 Å². The lowest BCUT2D eigenvalue weighted by Crippen LogP contribution is -2.49. The maximum atomic E-state index is 11.8. The quantitative estimate of drug-likeness (QED) is 0.574. The van der Waals surface area contributed by atoms with E-state index in [0.717, 1.165) is 6.42 Å². The van der Waals surface area contributed by atoms with Gasteiger partial charge in [-0.25, -0.2) is 0 Å². The van der Waals surface area contributed by atoms with Gasteiger partial charge in [0.1, 0.15) is 0 Å². The monoisotopic (exact) mass is 212 g/mol. The molecule has 0 heterocycles. The van der Waals surface area contributed by atoms with Crippen LogP contribution >= 0.6 is 0 Å². The Hall–Kier alpha value is -0.830. The van der Waals surface area contributed by atoms with Gasteiger partial charge in [0.25, 0.3) is 0 Å². The van der Waals surface area contributed by atoms with E-state index >= 15 is 0 Å². The lowest BCUT2D eigenvalue weighted by molar-refractivity contribution is -0.169. The zero-order chi connectivity index (χ0) is 11.7. The predicted octanol–water partition coefficient (Wildman–Crippen LogP) is 1.90. The van der Waals surface area contributed by atoms with E-state index < -0.39 is 11.0 Å². The molecule has 1 N–H and O–H groups in total. The van der Waals surface area contributed by atoms with E-state index in [0.29, 0.717) is 13.0 Å². The first-order chi connectivity index (χ1) is 6.90. The molecule has 1 aliphatic rings. The minimum absolute atomic E-state index is 0.0353. The zero-order valence-electron chi connectivity index (χ0n) is 9.75. The van der Waals surface area contributed by atoms with Crippen LogP contribution in [0.1, 0.15) is 33.6 Å². The van der Waals surface area contributed by atoms with Crippen LogP contribution in [0.25, 0.3) is 0 Å². The molecular formula is C12H20O3. The maximum Gasteiger partial charge on any atom is 0.314 e. The Morgan fingerprint density at radius 3 is 2.67 bits per heavy atom. The molecular weight excluding hydrogens is 192 g/mol. The van der Waals surface area contributed by atoms with Gasteiger partial charge in [-0.1, -0.05) is 6.08 Å². The van der Waals surface area contributed by atoms with Crippen molar-refractivity contribution in [3.8, 4) is 0 Å². The molecule has 0 unspecified atom stereocenters. The van der Waals surface area contributed by atoms with E-state index in [1.165, 1.54) is 0 Å². The molecule has 0 aliphatic heterocycles. The van der Waals surface area contributed by atoms with Gasteiger partial charge in [0, 0.05) is 5.92 Å². The van der Waals surface area contributed by atoms with Gasteiger partial charge in [-0.2, -0.15) is 0 Å². The standard InChI is InChI=1S/C12H20O3/c1-5-9-7-8-11(3,12(9,4)14)10(13)15-6-2/h5,9,14H,1,6-8H2,2-4H3/t9-,11-,12+/m1/s1. The Balaban J connectivity index is 2.95. The van der Waals surface area contributed by atoms with Crippen LogP contribution in [0.4, 0.5) is 0 Å². The summed E-state index contributed by atoms with van der Waals surface area (Å²) in [6.07, 6.45) is 3.16. The first-order valence-corrected chi connectivity index (χ1v) is 5.42. The predicted molar refractivity (Wildman–Crippen MR) is 58.3 cm³/mol. The van der Waals surface area contributed by atoms with E-state index in [1.54, 1.807) is 26.8 Å². The Labute approximate surface area is 91.1 Å². The van der Waals surface area contributed by atoms with Gasteiger partial charge in [0.05, 0.1) is 17.6 Å². The van der Waals surface area contributed by atoms with Crippen LogP contribution in [0.15, 0.2) is 12.7 Å². The van der Waals surface area contributed by atoms with Gasteiger partial charge >= 0.3 is 5.97 Å². The first kappa shape index (κ1) is 12.2. The second-order valence-corrected chi connectivity index (χ2v) is 4.58. The molecule has 1 fully saturated rings. The van der Waals surface area contributed by atoms with Crippen LogP contribution in [-0.2, 0) is 9.53 Å². The summed E-state index contributed by atoms with van der Waals surface area (Å²) in [5.41, 5.74) is -1.86. The van der Waals surface area contributed by atoms with E-state index in [1.807, 2.05) is 0 Å². The second-order valence-electron chi connectivity index (χ2n) is 4.58. The molecule has 0 aromatic rings. The highest BCUT2D eigenvalue weighted by molar-refractivity contribution is 5.78. The molecule has 15 heavy (non-hydrogen) atoms. The summed E-state index contributed by atoms with van der Waals surface area (Å²) in [7, 11) is 0. The largest absolute Gasteiger partial charge is 0.465 e. The number of ether oxygens (including phenoxy) is 1. The van der Waals surface area contributed by atoms with E-state index in [-0.39, 0.29) is 11.9 Å². The highest BCUT2D eigenvalue weighted by atomic mass is 16.5. The fourth-order valence-corrected chi connectivity index (χ4v) is 2.33. The Bertz CT molecular complexity index is 270. The van der Waals surface area contributed by atoms with Crippen LogP contribution in [0, 0.1) is 11.3 Å². The highest BCUT2D eigenvalue weighted by Crippen LogP contribution is 2.50. The third kappa shape index (κ3) is 1.69. The molecule has 3 atom stereocenters. The molecule has 3 nitrogen and oxygen atoms in total. The van der Waals surface area contributed by atoms with E-state index in [9.17, 15) is 9.90 Å². The summed E-state index contributed by atoms with van der Waals surface area (Å²) in [6.45, 7) is 9.29. The Kier molecular flexibility index (Phi) is 3.24. The Morgan fingerprint density at radius 2 is 2.27 bits per heavy atom. The van der Waals surface area contributed by atoms with Crippen molar-refractivity contribution >= 4 is 5.97 Å². The number of aliphatic hydroxyl groups is 1. The number of hydrogen-bond acceptors (Lipinski definition) is 3. The summed E-state index contributed by atoms with van der Waals surface area (Å²) in [5.74, 6) is -0.341. The normalized spacial score (nSPS) is 40.1. The SMILES string of the molecule is C=C[C@@H]1CC[C@](C)(C(=O)OCC)[C@@]1(C)O. The minimum atomic E-state index is -1.05. The van der Waals surface area contributed by atoms with Crippen molar-refractivity contribution in [2.75, 3.05) is 6.61 Å². The molecule has 0 amide bonds. The number of esters is 1. The molecule has 0 saturated heterocycles. The molecule has 0 bridgehead atoms. The third-order valence-corrected chi connectivity index (χ3v) is 3.80. The molecule has 1 aliphatic carbocycles. The zero-order valence-corrected chi connectivity index (χ0v) is 9.75. The van der Waals surface area contributed by atoms with Crippen molar-refractivity contribution in [2.24, 2.45) is 11.3 Å². The Morgan fingerprint density at radius 1 is 1.67 bits per heavy atom. The molecule has 0 spiro atoms. The molecule has 0 aromatic heterocycles. The highest BCUT2D eigenvalue weighted by Gasteiger charge is 2.57. The van der Waals surface area contributed by atoms with Crippen LogP contribution in [0.5, 0.6) is 0 Å². The number of hydrogen-bond donors (Lipinski definition) is 1. The summed E-state index contributed by atoms with van der Waals surface area (Å²) >= 11 is 0. The molecule has 3 heteroatoms. The van der Waals surface area contributed by atoms with Gasteiger partial charge in [-0.05, 0) is 33.6 Å². The fraction of sp³-hybridized carbons (Fsp3) is 0.750. The first-order valence-electron chi connectivity index (χ1n) is 5.42. The smallest absolute Gasteiger partial charge is 0.314 e. The molecule has 86 valence electrons. The van der Waals surface area contributed by atoms with Crippen LogP contribution < -0.4 is 0 Å². The molecule has 0 radical (unpaired) electrons. The van der Waals surface area contributed by atoms with Crippen LogP contribution in [0.2, 0.25) is 0 Å². The minimum Gasteiger partial charge on any atom is -0.465 e. The summed E-state index contributed by atoms with van der Waals surface area (Å²) in [5, 5.41) is 10.4. The lowest BCUT2D eigenvalue weighted by atomic mass is 9.74. The van der Waals surface area contributed by atoms with Gasteiger partial charge in [0.15, 0.2) is 0 Å². The van der Waals surface area contributed by atoms with Crippen molar-refractivity contribution in [2.45, 2.75) is 39.2 Å². The van der Waals surface area contributed by atoms with Crippen molar-refractivity contribution in [1.29, 1.82) is 0 Å². The molecule has 1 saturated carbocycles. The van der Waals surface area contributed by atoms with E-state index in [4.69, 9.17) is 4.74 Å². The number of carbonyl (C=O) groups is 1. The average molecular weight is 212 g/mol. The fourth-order valence-electron chi connectivity index (χ4n) is 2.33. The molecule has 0 aromatic carbocycles. The summed E-state index contributed by atoms with van der Waals surface area (Å²) < 4.78 is 5.02. The van der Waals surface area contributed by atoms with Crippen molar-refractivity contribution in [3.63, 3.8) is 0 Å². The second kappa shape index (κ2) is 3.97.